The number of hydrogen-bond acceptors (Lipinski definition) is 6. The topological polar surface area (TPSA) is 85.1 Å². The fourth-order valence-electron chi connectivity index (χ4n) is 3.16. The number of fused-ring (bicyclic) bond motifs is 1. The van der Waals surface area contributed by atoms with Crippen molar-refractivity contribution in [3.8, 4) is 10.6 Å². The third kappa shape index (κ3) is 3.32. The number of carbonyl (C=O) groups excluding carboxylic acids is 2. The van der Waals surface area contributed by atoms with Crippen LogP contribution < -0.4 is 11.1 Å². The van der Waals surface area contributed by atoms with Gasteiger partial charge in [0.05, 0.1) is 5.56 Å². The maximum Gasteiger partial charge on any atom is 0.275 e. The zero-order valence-electron chi connectivity index (χ0n) is 13.9. The fraction of sp³-hybridized carbons (Fsp3) is 0.278. The highest BCUT2D eigenvalue weighted by Gasteiger charge is 2.25. The van der Waals surface area contributed by atoms with E-state index in [9.17, 15) is 9.59 Å². The van der Waals surface area contributed by atoms with Gasteiger partial charge in [-0.1, -0.05) is 6.42 Å². The van der Waals surface area contributed by atoms with E-state index >= 15 is 0 Å². The highest BCUT2D eigenvalue weighted by molar-refractivity contribution is 7.17. The molecule has 1 aliphatic carbocycles. The molecule has 0 aromatic carbocycles. The summed E-state index contributed by atoms with van der Waals surface area (Å²) in [6, 6.07) is 1.98. The van der Waals surface area contributed by atoms with Gasteiger partial charge in [-0.25, -0.2) is 4.98 Å². The lowest BCUT2D eigenvalue weighted by Crippen LogP contribution is -2.18. The highest BCUT2D eigenvalue weighted by atomic mass is 32.1. The van der Waals surface area contributed by atoms with Gasteiger partial charge in [-0.3, -0.25) is 9.59 Å². The van der Waals surface area contributed by atoms with Gasteiger partial charge in [-0.2, -0.15) is 11.3 Å². The smallest absolute Gasteiger partial charge is 0.275 e. The molecule has 3 N–H and O–H groups in total. The summed E-state index contributed by atoms with van der Waals surface area (Å²) < 4.78 is 0. The van der Waals surface area contributed by atoms with Gasteiger partial charge in [0.1, 0.15) is 15.7 Å². The number of aromatic nitrogens is 1. The minimum absolute atomic E-state index is 0.304. The summed E-state index contributed by atoms with van der Waals surface area (Å²) in [5.74, 6) is -0.779. The number of aryl methyl sites for hydroxylation is 1. The number of amides is 2. The van der Waals surface area contributed by atoms with Crippen LogP contribution in [0, 0.1) is 0 Å². The highest BCUT2D eigenvalue weighted by Crippen LogP contribution is 2.37. The maximum atomic E-state index is 12.6. The van der Waals surface area contributed by atoms with E-state index in [1.165, 1.54) is 27.6 Å². The molecule has 4 rings (SSSR count). The number of nitrogens with one attached hydrogen (secondary N) is 1. The van der Waals surface area contributed by atoms with E-state index in [2.05, 4.69) is 10.3 Å². The molecule has 0 radical (unpaired) electrons. The third-order valence-corrected chi connectivity index (χ3v) is 7.18. The molecule has 0 fully saturated rings. The van der Waals surface area contributed by atoms with Crippen LogP contribution in [0.3, 0.4) is 0 Å². The molecule has 0 spiro atoms. The first kappa shape index (κ1) is 17.4. The number of anilines is 1. The molecule has 0 unspecified atom stereocenters. The first-order valence-corrected chi connectivity index (χ1v) is 11.0. The largest absolute Gasteiger partial charge is 0.365 e. The second-order valence-electron chi connectivity index (χ2n) is 6.14. The predicted octanol–water partition coefficient (Wildman–Crippen LogP) is 4.55. The number of nitrogens with two attached hydrogens (primary N) is 1. The van der Waals surface area contributed by atoms with Crippen LogP contribution in [-0.4, -0.2) is 16.8 Å². The molecule has 2 amide bonds. The number of nitrogens with zero attached hydrogens (tertiary/aromatic N) is 1. The Morgan fingerprint density at radius 3 is 2.77 bits per heavy atom. The Balaban J connectivity index is 1.61. The van der Waals surface area contributed by atoms with Crippen LogP contribution in [-0.2, 0) is 12.8 Å². The van der Waals surface area contributed by atoms with Gasteiger partial charge in [0, 0.05) is 21.2 Å². The second-order valence-corrected chi connectivity index (χ2v) is 8.88. The monoisotopic (exact) mass is 403 g/mol. The second kappa shape index (κ2) is 7.30. The van der Waals surface area contributed by atoms with E-state index in [-0.39, 0.29) is 5.91 Å². The first-order valence-electron chi connectivity index (χ1n) is 8.37. The van der Waals surface area contributed by atoms with E-state index in [0.29, 0.717) is 16.3 Å². The van der Waals surface area contributed by atoms with Crippen LogP contribution >= 0.6 is 34.0 Å². The Morgan fingerprint density at radius 2 is 2.00 bits per heavy atom. The van der Waals surface area contributed by atoms with Crippen molar-refractivity contribution >= 4 is 50.8 Å². The number of carbonyl (C=O) groups is 2. The van der Waals surface area contributed by atoms with Crippen molar-refractivity contribution in [2.45, 2.75) is 32.1 Å². The molecule has 5 nitrogen and oxygen atoms in total. The van der Waals surface area contributed by atoms with Gasteiger partial charge in [0.2, 0.25) is 0 Å². The molecular weight excluding hydrogens is 386 g/mol. The molecule has 0 aliphatic heterocycles. The lowest BCUT2D eigenvalue weighted by Gasteiger charge is -2.05. The van der Waals surface area contributed by atoms with E-state index in [1.54, 1.807) is 16.7 Å². The van der Waals surface area contributed by atoms with Crippen LogP contribution in [0.15, 0.2) is 22.2 Å². The molecule has 3 aromatic rings. The molecule has 3 heterocycles. The summed E-state index contributed by atoms with van der Waals surface area (Å²) in [6.07, 6.45) is 5.10. The normalized spacial score (nSPS) is 13.8. The van der Waals surface area contributed by atoms with Crippen LogP contribution in [0.2, 0.25) is 0 Å². The van der Waals surface area contributed by atoms with E-state index < -0.39 is 5.91 Å². The Kier molecular flexibility index (Phi) is 4.88. The molecule has 0 saturated carbocycles. The summed E-state index contributed by atoms with van der Waals surface area (Å²) in [5.41, 5.74) is 8.49. The molecule has 0 atom stereocenters. The third-order valence-electron chi connectivity index (χ3n) is 4.40. The summed E-state index contributed by atoms with van der Waals surface area (Å²) in [5, 5.41) is 9.96. The van der Waals surface area contributed by atoms with Crippen molar-refractivity contribution in [2.75, 3.05) is 5.32 Å². The van der Waals surface area contributed by atoms with Gasteiger partial charge in [0.15, 0.2) is 0 Å². The predicted molar refractivity (Wildman–Crippen MR) is 107 cm³/mol. The van der Waals surface area contributed by atoms with Gasteiger partial charge in [0.25, 0.3) is 11.8 Å². The summed E-state index contributed by atoms with van der Waals surface area (Å²) in [7, 11) is 0. The number of thiazole rings is 1. The van der Waals surface area contributed by atoms with Gasteiger partial charge < -0.3 is 11.1 Å². The van der Waals surface area contributed by atoms with Gasteiger partial charge >= 0.3 is 0 Å². The summed E-state index contributed by atoms with van der Waals surface area (Å²) in [4.78, 5) is 30.2. The van der Waals surface area contributed by atoms with Crippen molar-refractivity contribution in [1.82, 2.24) is 4.98 Å². The minimum atomic E-state index is -0.475. The Labute approximate surface area is 162 Å². The molecule has 134 valence electrons. The van der Waals surface area contributed by atoms with E-state index in [0.717, 1.165) is 48.2 Å². The Hall–Kier alpha value is -2.03. The van der Waals surface area contributed by atoms with Crippen LogP contribution in [0.1, 0.15) is 50.5 Å². The zero-order valence-corrected chi connectivity index (χ0v) is 16.4. The molecule has 0 saturated heterocycles. The minimum Gasteiger partial charge on any atom is -0.365 e. The van der Waals surface area contributed by atoms with Crippen molar-refractivity contribution in [1.29, 1.82) is 0 Å². The number of hydrogen-bond donors (Lipinski definition) is 2. The van der Waals surface area contributed by atoms with E-state index in [1.807, 2.05) is 16.8 Å². The first-order chi connectivity index (χ1) is 12.6. The Morgan fingerprint density at radius 1 is 1.15 bits per heavy atom. The zero-order chi connectivity index (χ0) is 18.1. The average Bonchev–Trinajstić information content (AvgIpc) is 3.32. The maximum absolute atomic E-state index is 12.6. The molecular formula is C18H17N3O2S3. The standard InChI is InChI=1S/C18H17N3O2S3/c19-15(22)14-11-4-2-1-3-5-13(11)26-18(14)21-16(23)12-9-25-17(20-12)10-6-7-24-8-10/h6-9H,1-5H2,(H2,19,22)(H,21,23). The van der Waals surface area contributed by atoms with Crippen molar-refractivity contribution < 1.29 is 9.59 Å². The van der Waals surface area contributed by atoms with Crippen molar-refractivity contribution in [3.05, 3.63) is 43.9 Å². The fourth-order valence-corrected chi connectivity index (χ4v) is 5.96. The Bertz CT molecular complexity index is 957. The van der Waals surface area contributed by atoms with Crippen molar-refractivity contribution in [3.63, 3.8) is 0 Å². The molecule has 26 heavy (non-hydrogen) atoms. The lowest BCUT2D eigenvalue weighted by atomic mass is 10.1. The quantitative estimate of drug-likeness (QED) is 0.627. The van der Waals surface area contributed by atoms with Crippen LogP contribution in [0.25, 0.3) is 10.6 Å². The van der Waals surface area contributed by atoms with Crippen LogP contribution in [0.5, 0.6) is 0 Å². The molecule has 1 aliphatic rings. The molecule has 8 heteroatoms. The molecule has 0 bridgehead atoms. The lowest BCUT2D eigenvalue weighted by molar-refractivity contribution is 0.100. The van der Waals surface area contributed by atoms with Crippen LogP contribution in [0.4, 0.5) is 5.00 Å². The average molecular weight is 404 g/mol. The van der Waals surface area contributed by atoms with Crippen molar-refractivity contribution in [2.24, 2.45) is 5.73 Å². The summed E-state index contributed by atoms with van der Waals surface area (Å²) >= 11 is 4.50. The number of thiophene rings is 2. The SMILES string of the molecule is NC(=O)c1c(NC(=O)c2csc(-c3ccsc3)n2)sc2c1CCCCC2. The number of primary amides is 1. The number of rotatable bonds is 4. The molecule has 3 aromatic heterocycles. The van der Waals surface area contributed by atoms with Gasteiger partial charge in [-0.15, -0.1) is 22.7 Å². The van der Waals surface area contributed by atoms with E-state index in [4.69, 9.17) is 5.73 Å². The summed E-state index contributed by atoms with van der Waals surface area (Å²) in [6.45, 7) is 0. The van der Waals surface area contributed by atoms with Gasteiger partial charge in [-0.05, 0) is 42.7 Å².